The normalized spacial score (nSPS) is 22.2. The van der Waals surface area contributed by atoms with E-state index in [1.165, 1.54) is 17.8 Å². The Morgan fingerprint density at radius 1 is 0.846 bits per heavy atom. The van der Waals surface area contributed by atoms with E-state index in [1.54, 1.807) is 12.2 Å². The molecular weight excluding hydrogens is 458 g/mol. The van der Waals surface area contributed by atoms with Crippen LogP contribution in [0.1, 0.15) is 27.7 Å². The molecule has 0 fully saturated rings. The summed E-state index contributed by atoms with van der Waals surface area (Å²) in [5.74, 6) is -1.88. The minimum atomic E-state index is -0.705. The maximum atomic E-state index is 12.7. The van der Waals surface area contributed by atoms with Crippen molar-refractivity contribution >= 4 is 45.5 Å². The fraction of sp³-hybridized carbons (Fsp3) is 0.190. The molecule has 0 saturated heterocycles. The summed E-state index contributed by atoms with van der Waals surface area (Å²) in [5.41, 5.74) is 1.55. The molecule has 0 atom stereocenters. The first-order valence-corrected chi connectivity index (χ1v) is 11.6. The summed E-state index contributed by atoms with van der Waals surface area (Å²) >= 11 is 0.639. The van der Waals surface area contributed by atoms with Crippen molar-refractivity contribution in [2.24, 2.45) is 0 Å². The van der Waals surface area contributed by atoms with E-state index in [-0.39, 0.29) is 11.1 Å². The number of hydrogen-bond acceptors (Lipinski definition) is 3. The Kier molecular flexibility index (Phi) is 5.45. The predicted molar refractivity (Wildman–Crippen MR) is 105 cm³/mol. The Hall–Kier alpha value is -1.77. The second-order valence-corrected chi connectivity index (χ2v) is 12.6. The fourth-order valence-corrected chi connectivity index (χ4v) is 6.77. The van der Waals surface area contributed by atoms with Gasteiger partial charge >= 0.3 is 166 Å². The molecule has 0 N–H and O–H groups in total. The molecule has 133 valence electrons. The summed E-state index contributed by atoms with van der Waals surface area (Å²) in [6, 6.07) is 0. The molecule has 5 heteroatoms. The summed E-state index contributed by atoms with van der Waals surface area (Å²) in [7, 11) is 0. The standard InChI is InChI=1S/C21H19O3Se2/c1-11-5-15(6-12(2)25-11)9-17-19(22)18(21(24)20(17)23)10-16-7-13(3)26-14(4)8-16/h5-10,22H,1-4H3/p-1. The molecule has 0 aromatic heterocycles. The van der Waals surface area contributed by atoms with E-state index in [1.807, 2.05) is 52.0 Å². The monoisotopic (exact) mass is 478 g/mol. The zero-order valence-corrected chi connectivity index (χ0v) is 18.4. The molecule has 26 heavy (non-hydrogen) atoms. The average molecular weight is 476 g/mol. The zero-order chi connectivity index (χ0) is 19.0. The number of Topliss-reactive ketones (excluding diaryl/α,β-unsaturated/α-hetero) is 2. The minimum absolute atomic E-state index is 0.0271. The summed E-state index contributed by atoms with van der Waals surface area (Å²) in [4.78, 5) is 24.7. The van der Waals surface area contributed by atoms with Crippen LogP contribution in [0, 0.1) is 0 Å². The third-order valence-corrected chi connectivity index (χ3v) is 7.62. The van der Waals surface area contributed by atoms with Gasteiger partial charge in [-0.1, -0.05) is 0 Å². The van der Waals surface area contributed by atoms with Gasteiger partial charge in [0.05, 0.1) is 0 Å². The van der Waals surface area contributed by atoms with E-state index in [9.17, 15) is 14.7 Å². The van der Waals surface area contributed by atoms with Gasteiger partial charge in [-0.3, -0.25) is 0 Å². The molecule has 0 saturated carbocycles. The first kappa shape index (κ1) is 19.0. The molecule has 0 aromatic carbocycles. The molecule has 0 unspecified atom stereocenters. The van der Waals surface area contributed by atoms with E-state index < -0.39 is 17.3 Å². The van der Waals surface area contributed by atoms with E-state index >= 15 is 0 Å². The fourth-order valence-electron chi connectivity index (χ4n) is 3.01. The summed E-state index contributed by atoms with van der Waals surface area (Å²) in [6.45, 7) is 8.14. The Morgan fingerprint density at radius 2 is 1.50 bits per heavy atom. The van der Waals surface area contributed by atoms with Crippen molar-refractivity contribution in [2.45, 2.75) is 27.7 Å². The van der Waals surface area contributed by atoms with Gasteiger partial charge in [0.15, 0.2) is 0 Å². The Bertz CT molecular complexity index is 954. The van der Waals surface area contributed by atoms with E-state index in [2.05, 4.69) is 0 Å². The number of carbonyl (C=O) groups is 2. The van der Waals surface area contributed by atoms with Gasteiger partial charge in [0.25, 0.3) is 0 Å². The van der Waals surface area contributed by atoms with Gasteiger partial charge in [-0.25, -0.2) is 0 Å². The predicted octanol–water partition coefficient (Wildman–Crippen LogP) is 1.87. The van der Waals surface area contributed by atoms with Gasteiger partial charge in [0.2, 0.25) is 0 Å². The van der Waals surface area contributed by atoms with Crippen LogP contribution in [0.2, 0.25) is 0 Å². The van der Waals surface area contributed by atoms with Crippen molar-refractivity contribution in [3.63, 3.8) is 0 Å². The molecule has 3 aliphatic rings. The Labute approximate surface area is 165 Å². The van der Waals surface area contributed by atoms with Crippen molar-refractivity contribution in [1.82, 2.24) is 0 Å². The molecule has 2 aliphatic heterocycles. The molecule has 1 aliphatic carbocycles. The number of allylic oxidation sites excluding steroid dienone is 13. The molecular formula is C21H18O3Se2-. The zero-order valence-electron chi connectivity index (χ0n) is 15.0. The van der Waals surface area contributed by atoms with Gasteiger partial charge in [-0.15, -0.1) is 0 Å². The van der Waals surface area contributed by atoms with Crippen LogP contribution in [0.4, 0.5) is 0 Å². The molecule has 0 spiro atoms. The molecule has 3 nitrogen and oxygen atoms in total. The summed E-state index contributed by atoms with van der Waals surface area (Å²) in [5, 5.41) is 12.7. The first-order valence-electron chi connectivity index (χ1n) is 8.14. The second kappa shape index (κ2) is 7.46. The Morgan fingerprint density at radius 3 is 2.12 bits per heavy atom. The van der Waals surface area contributed by atoms with Gasteiger partial charge in [-0.05, 0) is 0 Å². The molecule has 0 bridgehead atoms. The van der Waals surface area contributed by atoms with Gasteiger partial charge in [0.1, 0.15) is 0 Å². The molecule has 1 radical (unpaired) electrons. The quantitative estimate of drug-likeness (QED) is 0.348. The SMILES string of the molecule is CC1=CC(=CC2=C([O-])C(=CC3=CC(C)=[Se]C(C)=C3)C(=O)C2=O)C=C(C)[Se]1. The molecule has 3 rings (SSSR count). The Balaban J connectivity index is 2.04. The number of carbonyl (C=O) groups excluding carboxylic acids is 2. The van der Waals surface area contributed by atoms with Crippen molar-refractivity contribution in [3.8, 4) is 0 Å². The van der Waals surface area contributed by atoms with Crippen molar-refractivity contribution in [3.05, 3.63) is 77.9 Å². The van der Waals surface area contributed by atoms with Crippen molar-refractivity contribution in [2.75, 3.05) is 0 Å². The summed E-state index contributed by atoms with van der Waals surface area (Å²) < 4.78 is 4.91. The van der Waals surface area contributed by atoms with Crippen molar-refractivity contribution < 1.29 is 14.7 Å². The van der Waals surface area contributed by atoms with Gasteiger partial charge < -0.3 is 0 Å². The van der Waals surface area contributed by atoms with Crippen LogP contribution in [-0.4, -0.2) is 45.5 Å². The topological polar surface area (TPSA) is 57.2 Å². The second-order valence-electron chi connectivity index (χ2n) is 6.33. The van der Waals surface area contributed by atoms with Crippen LogP contribution in [0.5, 0.6) is 0 Å². The maximum absolute atomic E-state index is 12.7. The first-order chi connectivity index (χ1) is 12.2. The average Bonchev–Trinajstić information content (AvgIpc) is 2.71. The number of hydrogen-bond donors (Lipinski definition) is 0. The van der Waals surface area contributed by atoms with E-state index in [0.29, 0.717) is 29.5 Å². The number of ketones is 2. The summed E-state index contributed by atoms with van der Waals surface area (Å²) in [6.07, 6.45) is 11.0. The van der Waals surface area contributed by atoms with E-state index in [0.717, 1.165) is 11.1 Å². The van der Waals surface area contributed by atoms with Crippen LogP contribution >= 0.6 is 0 Å². The van der Waals surface area contributed by atoms with Gasteiger partial charge in [-0.2, -0.15) is 0 Å². The third-order valence-electron chi connectivity index (χ3n) is 3.93. The molecule has 2 heterocycles. The van der Waals surface area contributed by atoms with Crippen LogP contribution in [0.25, 0.3) is 0 Å². The van der Waals surface area contributed by atoms with Crippen LogP contribution in [-0.2, 0) is 9.59 Å². The third kappa shape index (κ3) is 3.97. The van der Waals surface area contributed by atoms with Gasteiger partial charge in [0, 0.05) is 0 Å². The van der Waals surface area contributed by atoms with E-state index in [4.69, 9.17) is 0 Å². The van der Waals surface area contributed by atoms with Crippen LogP contribution in [0.15, 0.2) is 77.9 Å². The van der Waals surface area contributed by atoms with Crippen molar-refractivity contribution in [1.29, 1.82) is 0 Å². The van der Waals surface area contributed by atoms with Crippen LogP contribution < -0.4 is 5.11 Å². The van der Waals surface area contributed by atoms with Crippen LogP contribution in [0.3, 0.4) is 0 Å². The molecule has 0 amide bonds. The number of rotatable bonds is 2. The molecule has 0 aromatic rings.